The third kappa shape index (κ3) is 2.41. The van der Waals surface area contributed by atoms with E-state index < -0.39 is 27.3 Å². The van der Waals surface area contributed by atoms with Gasteiger partial charge in [0.15, 0.2) is 0 Å². The van der Waals surface area contributed by atoms with Gasteiger partial charge in [0.05, 0.1) is 15.9 Å². The maximum atomic E-state index is 10.5. The summed E-state index contributed by atoms with van der Waals surface area (Å²) in [5.74, 6) is 0. The second-order valence-electron chi connectivity index (χ2n) is 2.65. The fourth-order valence-electron chi connectivity index (χ4n) is 1.01. The monoisotopic (exact) mass is 227 g/mol. The Morgan fingerprint density at radius 1 is 1.25 bits per heavy atom. The molecular formula is C7H5N3O6. The van der Waals surface area contributed by atoms with Gasteiger partial charge in [-0.15, -0.1) is 0 Å². The van der Waals surface area contributed by atoms with E-state index >= 15 is 0 Å². The van der Waals surface area contributed by atoms with E-state index in [2.05, 4.69) is 0 Å². The fourth-order valence-corrected chi connectivity index (χ4v) is 1.01. The summed E-state index contributed by atoms with van der Waals surface area (Å²) in [6.45, 7) is 0. The molecule has 1 amide bonds. The molecule has 1 rings (SSSR count). The zero-order valence-electron chi connectivity index (χ0n) is 7.61. The summed E-state index contributed by atoms with van der Waals surface area (Å²) in [4.78, 5) is 29.5. The van der Waals surface area contributed by atoms with Gasteiger partial charge in [-0.2, -0.15) is 0 Å². The molecule has 1 aromatic rings. The topological polar surface area (TPSA) is 136 Å². The van der Waals surface area contributed by atoms with Gasteiger partial charge in [0.1, 0.15) is 5.69 Å². The van der Waals surface area contributed by atoms with Crippen LogP contribution in [0.15, 0.2) is 18.2 Å². The Labute approximate surface area is 87.6 Å². The summed E-state index contributed by atoms with van der Waals surface area (Å²) in [7, 11) is 0. The number of nitrogens with one attached hydrogen (secondary N) is 1. The third-order valence-corrected chi connectivity index (χ3v) is 1.63. The van der Waals surface area contributed by atoms with Crippen molar-refractivity contribution in [3.05, 3.63) is 38.4 Å². The second kappa shape index (κ2) is 4.21. The lowest BCUT2D eigenvalue weighted by atomic mass is 10.2. The molecule has 0 saturated heterocycles. The molecule has 0 spiro atoms. The van der Waals surface area contributed by atoms with E-state index in [1.807, 2.05) is 0 Å². The van der Waals surface area contributed by atoms with Crippen molar-refractivity contribution in [2.75, 3.05) is 5.32 Å². The van der Waals surface area contributed by atoms with Crippen molar-refractivity contribution >= 4 is 23.2 Å². The molecule has 16 heavy (non-hydrogen) atoms. The van der Waals surface area contributed by atoms with Gasteiger partial charge in [-0.25, -0.2) is 4.79 Å². The number of carboxylic acid groups (broad SMARTS) is 1. The average molecular weight is 227 g/mol. The van der Waals surface area contributed by atoms with E-state index in [4.69, 9.17) is 5.11 Å². The number of rotatable bonds is 3. The van der Waals surface area contributed by atoms with Crippen LogP contribution in [0.25, 0.3) is 0 Å². The van der Waals surface area contributed by atoms with Gasteiger partial charge >= 0.3 is 6.09 Å². The first-order valence-electron chi connectivity index (χ1n) is 3.84. The smallest absolute Gasteiger partial charge is 0.409 e. The van der Waals surface area contributed by atoms with Crippen molar-refractivity contribution in [1.29, 1.82) is 0 Å². The number of hydrogen-bond donors (Lipinski definition) is 2. The quantitative estimate of drug-likeness (QED) is 0.594. The van der Waals surface area contributed by atoms with E-state index in [-0.39, 0.29) is 5.69 Å². The van der Waals surface area contributed by atoms with E-state index in [1.54, 1.807) is 5.32 Å². The van der Waals surface area contributed by atoms with Crippen molar-refractivity contribution in [3.63, 3.8) is 0 Å². The molecule has 0 atom stereocenters. The number of nitrogens with zero attached hydrogens (tertiary/aromatic N) is 2. The Morgan fingerprint density at radius 2 is 1.88 bits per heavy atom. The van der Waals surface area contributed by atoms with Gasteiger partial charge in [0.2, 0.25) is 0 Å². The molecule has 1 aromatic carbocycles. The minimum atomic E-state index is -1.49. The largest absolute Gasteiger partial charge is 0.465 e. The van der Waals surface area contributed by atoms with Gasteiger partial charge in [0, 0.05) is 6.07 Å². The van der Waals surface area contributed by atoms with Gasteiger partial charge in [0.25, 0.3) is 11.4 Å². The van der Waals surface area contributed by atoms with Crippen LogP contribution in [0.1, 0.15) is 0 Å². The number of hydrogen-bond acceptors (Lipinski definition) is 5. The minimum absolute atomic E-state index is 0.317. The number of nitro groups is 2. The highest BCUT2D eigenvalue weighted by molar-refractivity contribution is 5.86. The predicted octanol–water partition coefficient (Wildman–Crippen LogP) is 1.59. The first-order valence-corrected chi connectivity index (χ1v) is 3.84. The molecule has 2 N–H and O–H groups in total. The zero-order chi connectivity index (χ0) is 12.3. The predicted molar refractivity (Wildman–Crippen MR) is 51.4 cm³/mol. The lowest BCUT2D eigenvalue weighted by Crippen LogP contribution is -2.09. The van der Waals surface area contributed by atoms with Crippen LogP contribution in [0, 0.1) is 20.2 Å². The van der Waals surface area contributed by atoms with Crippen molar-refractivity contribution < 1.29 is 19.7 Å². The van der Waals surface area contributed by atoms with Crippen LogP contribution in [0.3, 0.4) is 0 Å². The maximum absolute atomic E-state index is 10.5. The molecular weight excluding hydrogens is 222 g/mol. The molecule has 9 heteroatoms. The summed E-state index contributed by atoms with van der Waals surface area (Å²) in [5.41, 5.74) is -1.47. The number of carbonyl (C=O) groups is 1. The highest BCUT2D eigenvalue weighted by atomic mass is 16.6. The summed E-state index contributed by atoms with van der Waals surface area (Å²) in [6.07, 6.45) is -1.49. The summed E-state index contributed by atoms with van der Waals surface area (Å²) >= 11 is 0. The van der Waals surface area contributed by atoms with E-state index in [0.29, 0.717) is 6.07 Å². The molecule has 0 aliphatic rings. The molecule has 0 aliphatic heterocycles. The highest BCUT2D eigenvalue weighted by Crippen LogP contribution is 2.28. The Bertz CT molecular complexity index is 471. The molecule has 0 fully saturated rings. The zero-order valence-corrected chi connectivity index (χ0v) is 7.61. The normalized spacial score (nSPS) is 9.50. The van der Waals surface area contributed by atoms with Crippen LogP contribution >= 0.6 is 0 Å². The number of nitro benzene ring substituents is 2. The molecule has 0 aliphatic carbocycles. The third-order valence-electron chi connectivity index (χ3n) is 1.63. The minimum Gasteiger partial charge on any atom is -0.465 e. The number of benzene rings is 1. The van der Waals surface area contributed by atoms with Crippen molar-refractivity contribution in [2.45, 2.75) is 0 Å². The highest BCUT2D eigenvalue weighted by Gasteiger charge is 2.20. The van der Waals surface area contributed by atoms with Crippen molar-refractivity contribution in [2.24, 2.45) is 0 Å². The van der Waals surface area contributed by atoms with Gasteiger partial charge < -0.3 is 5.11 Å². The lowest BCUT2D eigenvalue weighted by Gasteiger charge is -2.01. The molecule has 0 radical (unpaired) electrons. The van der Waals surface area contributed by atoms with Crippen LogP contribution in [-0.2, 0) is 0 Å². The Kier molecular flexibility index (Phi) is 2.99. The summed E-state index contributed by atoms with van der Waals surface area (Å²) in [6, 6.07) is 2.62. The second-order valence-corrected chi connectivity index (χ2v) is 2.65. The molecule has 84 valence electrons. The first-order chi connectivity index (χ1) is 7.41. The Hall–Kier alpha value is -2.71. The Morgan fingerprint density at radius 3 is 2.31 bits per heavy atom. The van der Waals surface area contributed by atoms with Crippen LogP contribution < -0.4 is 5.32 Å². The van der Waals surface area contributed by atoms with Crippen molar-refractivity contribution in [1.82, 2.24) is 0 Å². The van der Waals surface area contributed by atoms with Crippen LogP contribution in [-0.4, -0.2) is 21.0 Å². The van der Waals surface area contributed by atoms with Crippen molar-refractivity contribution in [3.8, 4) is 0 Å². The average Bonchev–Trinajstić information content (AvgIpc) is 2.16. The van der Waals surface area contributed by atoms with E-state index in [1.165, 1.54) is 0 Å². The summed E-state index contributed by atoms with van der Waals surface area (Å²) in [5, 5.41) is 31.0. The first kappa shape index (κ1) is 11.4. The molecule has 0 bridgehead atoms. The molecule has 0 heterocycles. The standard InChI is InChI=1S/C7H5N3O6/c11-7(12)8-5-2-1-4(9(13)14)3-6(5)10(15)16/h1-3,8H,(H,11,12). The van der Waals surface area contributed by atoms with Crippen LogP contribution in [0.4, 0.5) is 21.9 Å². The number of non-ortho nitro benzene ring substituents is 1. The maximum Gasteiger partial charge on any atom is 0.409 e. The van der Waals surface area contributed by atoms with Gasteiger partial charge in [-0.3, -0.25) is 25.5 Å². The van der Waals surface area contributed by atoms with Crippen LogP contribution in [0.2, 0.25) is 0 Å². The Balaban J connectivity index is 3.24. The molecule has 0 aromatic heterocycles. The SMILES string of the molecule is O=C(O)Nc1ccc([N+](=O)[O-])cc1[N+](=O)[O-]. The van der Waals surface area contributed by atoms with Gasteiger partial charge in [-0.05, 0) is 6.07 Å². The fraction of sp³-hybridized carbons (Fsp3) is 0. The summed E-state index contributed by atoms with van der Waals surface area (Å²) < 4.78 is 0. The van der Waals surface area contributed by atoms with E-state index in [9.17, 15) is 25.0 Å². The molecule has 0 unspecified atom stereocenters. The number of amides is 1. The molecule has 0 saturated carbocycles. The number of anilines is 1. The van der Waals surface area contributed by atoms with Gasteiger partial charge in [-0.1, -0.05) is 0 Å². The lowest BCUT2D eigenvalue weighted by molar-refractivity contribution is -0.393. The van der Waals surface area contributed by atoms with Crippen LogP contribution in [0.5, 0.6) is 0 Å². The molecule has 9 nitrogen and oxygen atoms in total. The van der Waals surface area contributed by atoms with E-state index in [0.717, 1.165) is 12.1 Å².